The number of fused-ring (bicyclic) bond motifs is 2. The Bertz CT molecular complexity index is 531. The van der Waals surface area contributed by atoms with Gasteiger partial charge in [-0.2, -0.15) is 0 Å². The van der Waals surface area contributed by atoms with Crippen molar-refractivity contribution in [3.05, 3.63) is 29.5 Å². The first kappa shape index (κ1) is 10.5. The fourth-order valence-corrected chi connectivity index (χ4v) is 3.22. The summed E-state index contributed by atoms with van der Waals surface area (Å²) in [5.41, 5.74) is 3.78. The van der Waals surface area contributed by atoms with Crippen molar-refractivity contribution >= 4 is 11.0 Å². The molecule has 18 heavy (non-hydrogen) atoms. The lowest BCUT2D eigenvalue weighted by Gasteiger charge is -2.31. The Morgan fingerprint density at radius 2 is 1.94 bits per heavy atom. The normalized spacial score (nSPS) is 21.6. The minimum absolute atomic E-state index is 0.739. The number of aromatic nitrogens is 1. The average Bonchev–Trinajstić information content (AvgIpc) is 3.01. The van der Waals surface area contributed by atoms with Crippen LogP contribution in [0.25, 0.3) is 11.0 Å². The molecule has 1 aromatic carbocycles. The summed E-state index contributed by atoms with van der Waals surface area (Å²) in [6.07, 6.45) is 4.35. The average molecular weight is 243 g/mol. The van der Waals surface area contributed by atoms with Crippen molar-refractivity contribution in [3.8, 4) is 0 Å². The van der Waals surface area contributed by atoms with Gasteiger partial charge in [0.1, 0.15) is 0 Å². The van der Waals surface area contributed by atoms with E-state index in [4.69, 9.17) is 4.52 Å². The highest BCUT2D eigenvalue weighted by Gasteiger charge is 2.27. The summed E-state index contributed by atoms with van der Waals surface area (Å²) in [6, 6.07) is 5.14. The van der Waals surface area contributed by atoms with Crippen LogP contribution in [0.3, 0.4) is 0 Å². The molecule has 1 fully saturated rings. The number of rotatable bonds is 1. The molecule has 1 saturated heterocycles. The van der Waals surface area contributed by atoms with Crippen LogP contribution in [-0.2, 0) is 13.1 Å². The molecule has 2 aliphatic heterocycles. The van der Waals surface area contributed by atoms with Gasteiger partial charge in [-0.1, -0.05) is 5.16 Å². The van der Waals surface area contributed by atoms with Gasteiger partial charge in [-0.3, -0.25) is 4.90 Å². The molecule has 1 aromatic heterocycles. The maximum atomic E-state index is 5.25. The van der Waals surface area contributed by atoms with Gasteiger partial charge in [-0.05, 0) is 49.2 Å². The molecule has 1 N–H and O–H groups in total. The van der Waals surface area contributed by atoms with E-state index in [1.54, 1.807) is 0 Å². The highest BCUT2D eigenvalue weighted by Crippen LogP contribution is 2.30. The van der Waals surface area contributed by atoms with Crippen LogP contribution in [0.1, 0.15) is 24.0 Å². The van der Waals surface area contributed by atoms with Crippen molar-refractivity contribution in [2.45, 2.75) is 32.0 Å². The van der Waals surface area contributed by atoms with E-state index >= 15 is 0 Å². The van der Waals surface area contributed by atoms with Gasteiger partial charge in [-0.25, -0.2) is 0 Å². The van der Waals surface area contributed by atoms with Gasteiger partial charge in [0.2, 0.25) is 0 Å². The molecule has 0 bridgehead atoms. The predicted octanol–water partition coefficient (Wildman–Crippen LogP) is 1.90. The Morgan fingerprint density at radius 1 is 1.17 bits per heavy atom. The van der Waals surface area contributed by atoms with Gasteiger partial charge in [-0.15, -0.1) is 0 Å². The first-order valence-electron chi connectivity index (χ1n) is 6.71. The van der Waals surface area contributed by atoms with Crippen LogP contribution in [0.4, 0.5) is 0 Å². The second-order valence-electron chi connectivity index (χ2n) is 5.37. The number of nitrogens with one attached hydrogen (secondary N) is 1. The highest BCUT2D eigenvalue weighted by atomic mass is 16.5. The molecule has 4 heteroatoms. The zero-order valence-corrected chi connectivity index (χ0v) is 10.4. The minimum Gasteiger partial charge on any atom is -0.356 e. The van der Waals surface area contributed by atoms with Gasteiger partial charge < -0.3 is 9.84 Å². The Balaban J connectivity index is 1.62. The smallest absolute Gasteiger partial charge is 0.167 e. The molecule has 0 saturated carbocycles. The Morgan fingerprint density at radius 3 is 2.78 bits per heavy atom. The van der Waals surface area contributed by atoms with E-state index in [9.17, 15) is 0 Å². The summed E-state index contributed by atoms with van der Waals surface area (Å²) < 4.78 is 5.25. The zero-order valence-electron chi connectivity index (χ0n) is 10.4. The first-order valence-corrected chi connectivity index (χ1v) is 6.71. The largest absolute Gasteiger partial charge is 0.356 e. The van der Waals surface area contributed by atoms with E-state index in [2.05, 4.69) is 27.5 Å². The Kier molecular flexibility index (Phi) is 2.38. The molecule has 0 unspecified atom stereocenters. The van der Waals surface area contributed by atoms with Crippen LogP contribution in [0.5, 0.6) is 0 Å². The fraction of sp³-hybridized carbons (Fsp3) is 0.500. The van der Waals surface area contributed by atoms with Crippen LogP contribution in [0.2, 0.25) is 0 Å². The molecule has 0 spiro atoms. The molecule has 94 valence electrons. The fourth-order valence-electron chi connectivity index (χ4n) is 3.22. The topological polar surface area (TPSA) is 41.3 Å². The van der Waals surface area contributed by atoms with Crippen LogP contribution < -0.4 is 5.32 Å². The predicted molar refractivity (Wildman–Crippen MR) is 69.1 cm³/mol. The van der Waals surface area contributed by atoms with Crippen molar-refractivity contribution in [1.29, 1.82) is 0 Å². The monoisotopic (exact) mass is 243 g/mol. The standard InChI is InChI=1S/C14H17N3O/c1-3-15-4-2-13(1)17-8-11-5-10-7-16-18-14(10)6-12(11)9-17/h5-7,13,15H,1-4,8-9H2. The molecule has 4 nitrogen and oxygen atoms in total. The number of benzene rings is 1. The number of nitrogens with zero attached hydrogens (tertiary/aromatic N) is 2. The molecule has 0 aliphatic carbocycles. The van der Waals surface area contributed by atoms with Crippen molar-refractivity contribution in [2.75, 3.05) is 13.1 Å². The van der Waals surface area contributed by atoms with Crippen molar-refractivity contribution in [3.63, 3.8) is 0 Å². The third-order valence-corrected chi connectivity index (χ3v) is 4.25. The van der Waals surface area contributed by atoms with Crippen molar-refractivity contribution in [2.24, 2.45) is 0 Å². The van der Waals surface area contributed by atoms with Crippen LogP contribution in [-0.4, -0.2) is 29.2 Å². The van der Waals surface area contributed by atoms with E-state index in [0.717, 1.165) is 43.2 Å². The van der Waals surface area contributed by atoms with E-state index in [1.165, 1.54) is 24.0 Å². The summed E-state index contributed by atoms with van der Waals surface area (Å²) >= 11 is 0. The number of hydrogen-bond acceptors (Lipinski definition) is 4. The molecular formula is C14H17N3O. The molecule has 2 aromatic rings. The maximum absolute atomic E-state index is 5.25. The second kappa shape index (κ2) is 4.07. The summed E-state index contributed by atoms with van der Waals surface area (Å²) in [5, 5.41) is 8.41. The van der Waals surface area contributed by atoms with Gasteiger partial charge in [0.05, 0.1) is 6.20 Å². The van der Waals surface area contributed by atoms with Crippen LogP contribution in [0, 0.1) is 0 Å². The molecule has 0 atom stereocenters. The van der Waals surface area contributed by atoms with Gasteiger partial charge in [0.15, 0.2) is 5.58 Å². The Hall–Kier alpha value is -1.39. The van der Waals surface area contributed by atoms with E-state index in [1.807, 2.05) is 6.20 Å². The van der Waals surface area contributed by atoms with Crippen molar-refractivity contribution in [1.82, 2.24) is 15.4 Å². The van der Waals surface area contributed by atoms with Crippen LogP contribution in [0.15, 0.2) is 22.9 Å². The molecule has 2 aliphatic rings. The molecule has 0 amide bonds. The van der Waals surface area contributed by atoms with Crippen molar-refractivity contribution < 1.29 is 4.52 Å². The number of piperidine rings is 1. The van der Waals surface area contributed by atoms with Gasteiger partial charge in [0.25, 0.3) is 0 Å². The van der Waals surface area contributed by atoms with E-state index < -0.39 is 0 Å². The quantitative estimate of drug-likeness (QED) is 0.830. The van der Waals surface area contributed by atoms with E-state index in [-0.39, 0.29) is 0 Å². The van der Waals surface area contributed by atoms with Gasteiger partial charge in [0, 0.05) is 24.5 Å². The molecule has 4 rings (SSSR count). The Labute approximate surface area is 106 Å². The zero-order chi connectivity index (χ0) is 11.9. The molecule has 3 heterocycles. The highest BCUT2D eigenvalue weighted by molar-refractivity contribution is 5.78. The summed E-state index contributed by atoms with van der Waals surface area (Å²) in [5.74, 6) is 0. The third kappa shape index (κ3) is 1.64. The van der Waals surface area contributed by atoms with Gasteiger partial charge >= 0.3 is 0 Å². The second-order valence-corrected chi connectivity index (χ2v) is 5.37. The molecular weight excluding hydrogens is 226 g/mol. The first-order chi connectivity index (χ1) is 8.90. The van der Waals surface area contributed by atoms with E-state index in [0.29, 0.717) is 0 Å². The van der Waals surface area contributed by atoms with Crippen LogP contribution >= 0.6 is 0 Å². The molecule has 0 radical (unpaired) electrons. The summed E-state index contributed by atoms with van der Waals surface area (Å²) in [4.78, 5) is 2.61. The lowest BCUT2D eigenvalue weighted by molar-refractivity contribution is 0.163. The minimum atomic E-state index is 0.739. The maximum Gasteiger partial charge on any atom is 0.167 e. The number of hydrogen-bond donors (Lipinski definition) is 1. The SMILES string of the molecule is c1noc2cc3c(cc12)CN(C1CCNCC1)C3. The summed E-state index contributed by atoms with van der Waals surface area (Å²) in [6.45, 7) is 4.46. The summed E-state index contributed by atoms with van der Waals surface area (Å²) in [7, 11) is 0. The lowest BCUT2D eigenvalue weighted by Crippen LogP contribution is -2.40. The third-order valence-electron chi connectivity index (χ3n) is 4.25. The lowest BCUT2D eigenvalue weighted by atomic mass is 10.1.